The Labute approximate surface area is 91.9 Å². The second-order valence-electron chi connectivity index (χ2n) is 4.60. The number of rotatable bonds is 2. The molecule has 1 aliphatic rings. The molecule has 1 saturated carbocycles. The summed E-state index contributed by atoms with van der Waals surface area (Å²) in [5, 5.41) is 3.42. The Morgan fingerprint density at radius 1 is 1.40 bits per heavy atom. The minimum Gasteiger partial charge on any atom is -0.338 e. The van der Waals surface area contributed by atoms with Gasteiger partial charge in [-0.3, -0.25) is 0 Å². The van der Waals surface area contributed by atoms with Crippen molar-refractivity contribution in [2.75, 3.05) is 7.05 Å². The van der Waals surface area contributed by atoms with Crippen LogP contribution in [0.2, 0.25) is 0 Å². The van der Waals surface area contributed by atoms with Crippen molar-refractivity contribution in [2.45, 2.75) is 44.1 Å². The van der Waals surface area contributed by atoms with E-state index in [0.29, 0.717) is 12.0 Å². The standard InChI is InChI=1S/C12H21N3/c1-13-11-6-4-3-5-10(9-11)12-14-7-8-15(12)2/h7-8,10-11,13H,3-6,9H2,1-2H3. The van der Waals surface area contributed by atoms with Gasteiger partial charge in [0.15, 0.2) is 0 Å². The SMILES string of the molecule is CNC1CCCCC(c2nccn2C)C1. The Balaban J connectivity index is 2.10. The highest BCUT2D eigenvalue weighted by Gasteiger charge is 2.22. The molecule has 2 unspecified atom stereocenters. The zero-order chi connectivity index (χ0) is 10.7. The zero-order valence-corrected chi connectivity index (χ0v) is 9.74. The zero-order valence-electron chi connectivity index (χ0n) is 9.74. The average Bonchev–Trinajstić information content (AvgIpc) is 2.54. The lowest BCUT2D eigenvalue weighted by Crippen LogP contribution is -2.26. The largest absolute Gasteiger partial charge is 0.338 e. The fourth-order valence-electron chi connectivity index (χ4n) is 2.63. The molecule has 1 fully saturated rings. The first-order chi connectivity index (χ1) is 7.31. The highest BCUT2D eigenvalue weighted by Crippen LogP contribution is 2.30. The van der Waals surface area contributed by atoms with Gasteiger partial charge in [-0.2, -0.15) is 0 Å². The first-order valence-electron chi connectivity index (χ1n) is 5.95. The molecule has 0 amide bonds. The lowest BCUT2D eigenvalue weighted by molar-refractivity contribution is 0.455. The van der Waals surface area contributed by atoms with Gasteiger partial charge in [0.1, 0.15) is 5.82 Å². The summed E-state index contributed by atoms with van der Waals surface area (Å²) < 4.78 is 2.17. The lowest BCUT2D eigenvalue weighted by atomic mass is 9.97. The highest BCUT2D eigenvalue weighted by molar-refractivity contribution is 5.01. The van der Waals surface area contributed by atoms with Gasteiger partial charge >= 0.3 is 0 Å². The summed E-state index contributed by atoms with van der Waals surface area (Å²) in [4.78, 5) is 4.49. The summed E-state index contributed by atoms with van der Waals surface area (Å²) >= 11 is 0. The summed E-state index contributed by atoms with van der Waals surface area (Å²) in [6.07, 6.45) is 10.5. The van der Waals surface area contributed by atoms with Gasteiger partial charge in [0.05, 0.1) is 0 Å². The molecule has 0 saturated heterocycles. The van der Waals surface area contributed by atoms with E-state index in [0.717, 1.165) is 0 Å². The van der Waals surface area contributed by atoms with Crippen LogP contribution >= 0.6 is 0 Å². The molecule has 1 aromatic heterocycles. The highest BCUT2D eigenvalue weighted by atomic mass is 15.0. The molecule has 0 radical (unpaired) electrons. The van der Waals surface area contributed by atoms with Gasteiger partial charge in [0, 0.05) is 31.4 Å². The van der Waals surface area contributed by atoms with E-state index in [4.69, 9.17) is 0 Å². The maximum absolute atomic E-state index is 4.49. The van der Waals surface area contributed by atoms with E-state index < -0.39 is 0 Å². The van der Waals surface area contributed by atoms with Crippen molar-refractivity contribution >= 4 is 0 Å². The van der Waals surface area contributed by atoms with Gasteiger partial charge in [-0.1, -0.05) is 12.8 Å². The quantitative estimate of drug-likeness (QED) is 0.752. The molecule has 15 heavy (non-hydrogen) atoms. The molecule has 3 nitrogen and oxygen atoms in total. The molecule has 0 spiro atoms. The minimum atomic E-state index is 0.643. The number of aromatic nitrogens is 2. The van der Waals surface area contributed by atoms with Crippen LogP contribution < -0.4 is 5.32 Å². The van der Waals surface area contributed by atoms with Crippen LogP contribution in [0.5, 0.6) is 0 Å². The van der Waals surface area contributed by atoms with Gasteiger partial charge in [0.25, 0.3) is 0 Å². The van der Waals surface area contributed by atoms with Crippen LogP contribution in [0.4, 0.5) is 0 Å². The van der Waals surface area contributed by atoms with E-state index in [1.54, 1.807) is 0 Å². The van der Waals surface area contributed by atoms with Gasteiger partial charge in [-0.15, -0.1) is 0 Å². The van der Waals surface area contributed by atoms with Crippen LogP contribution in [0.1, 0.15) is 43.8 Å². The topological polar surface area (TPSA) is 29.9 Å². The molecule has 2 atom stereocenters. The van der Waals surface area contributed by atoms with E-state index >= 15 is 0 Å². The van der Waals surface area contributed by atoms with Crippen molar-refractivity contribution < 1.29 is 0 Å². The third-order valence-electron chi connectivity index (χ3n) is 3.56. The summed E-state index contributed by atoms with van der Waals surface area (Å²) in [6.45, 7) is 0. The molecular weight excluding hydrogens is 186 g/mol. The Morgan fingerprint density at radius 3 is 2.87 bits per heavy atom. The smallest absolute Gasteiger partial charge is 0.111 e. The molecule has 3 heteroatoms. The molecule has 2 rings (SSSR count). The van der Waals surface area contributed by atoms with Crippen LogP contribution in [-0.2, 0) is 7.05 Å². The summed E-state index contributed by atoms with van der Waals surface area (Å²) in [6, 6.07) is 0.675. The van der Waals surface area contributed by atoms with E-state index in [2.05, 4.69) is 35.2 Å². The monoisotopic (exact) mass is 207 g/mol. The molecule has 84 valence electrons. The Hall–Kier alpha value is -0.830. The van der Waals surface area contributed by atoms with Gasteiger partial charge in [-0.25, -0.2) is 4.98 Å². The summed E-state index contributed by atoms with van der Waals surface area (Å²) in [5.74, 6) is 1.90. The molecule has 0 aliphatic heterocycles. The third kappa shape index (κ3) is 2.40. The molecular formula is C12H21N3. The summed E-state index contributed by atoms with van der Waals surface area (Å²) in [7, 11) is 4.17. The Bertz CT molecular complexity index is 306. The van der Waals surface area contributed by atoms with Crippen LogP contribution in [-0.4, -0.2) is 22.6 Å². The van der Waals surface area contributed by atoms with E-state index in [-0.39, 0.29) is 0 Å². The Morgan fingerprint density at radius 2 is 2.20 bits per heavy atom. The number of aryl methyl sites for hydroxylation is 1. The van der Waals surface area contributed by atoms with Gasteiger partial charge < -0.3 is 9.88 Å². The number of hydrogen-bond acceptors (Lipinski definition) is 2. The molecule has 0 aromatic carbocycles. The molecule has 1 heterocycles. The van der Waals surface area contributed by atoms with E-state index in [1.807, 2.05) is 6.20 Å². The third-order valence-corrected chi connectivity index (χ3v) is 3.56. The number of nitrogens with one attached hydrogen (secondary N) is 1. The Kier molecular flexibility index (Phi) is 3.41. The second kappa shape index (κ2) is 4.79. The first-order valence-corrected chi connectivity index (χ1v) is 5.95. The van der Waals surface area contributed by atoms with Crippen LogP contribution in [0.3, 0.4) is 0 Å². The number of nitrogens with zero attached hydrogens (tertiary/aromatic N) is 2. The molecule has 1 aromatic rings. The number of hydrogen-bond donors (Lipinski definition) is 1. The maximum atomic E-state index is 4.49. The van der Waals surface area contributed by atoms with Crippen molar-refractivity contribution in [2.24, 2.45) is 7.05 Å². The van der Waals surface area contributed by atoms with E-state index in [1.165, 1.54) is 37.9 Å². The van der Waals surface area contributed by atoms with Gasteiger partial charge in [0.2, 0.25) is 0 Å². The van der Waals surface area contributed by atoms with Crippen molar-refractivity contribution in [3.05, 3.63) is 18.2 Å². The van der Waals surface area contributed by atoms with Crippen molar-refractivity contribution in [3.63, 3.8) is 0 Å². The molecule has 0 bridgehead atoms. The predicted octanol–water partition coefficient (Wildman–Crippen LogP) is 2.06. The van der Waals surface area contributed by atoms with Gasteiger partial charge in [-0.05, 0) is 26.3 Å². The fourth-order valence-corrected chi connectivity index (χ4v) is 2.63. The maximum Gasteiger partial charge on any atom is 0.111 e. The van der Waals surface area contributed by atoms with Crippen molar-refractivity contribution in [3.8, 4) is 0 Å². The first kappa shape index (κ1) is 10.7. The normalized spacial score (nSPS) is 27.6. The van der Waals surface area contributed by atoms with Crippen LogP contribution in [0.25, 0.3) is 0 Å². The van der Waals surface area contributed by atoms with Crippen LogP contribution in [0.15, 0.2) is 12.4 Å². The van der Waals surface area contributed by atoms with Crippen molar-refractivity contribution in [1.29, 1.82) is 0 Å². The molecule has 1 N–H and O–H groups in total. The average molecular weight is 207 g/mol. The predicted molar refractivity (Wildman–Crippen MR) is 61.9 cm³/mol. The van der Waals surface area contributed by atoms with Crippen molar-refractivity contribution in [1.82, 2.24) is 14.9 Å². The van der Waals surface area contributed by atoms with Crippen LogP contribution in [0, 0.1) is 0 Å². The number of imidazole rings is 1. The fraction of sp³-hybridized carbons (Fsp3) is 0.750. The van der Waals surface area contributed by atoms with E-state index in [9.17, 15) is 0 Å². The minimum absolute atomic E-state index is 0.643. The molecule has 1 aliphatic carbocycles. The second-order valence-corrected chi connectivity index (χ2v) is 4.60. The lowest BCUT2D eigenvalue weighted by Gasteiger charge is -2.19. The summed E-state index contributed by atoms with van der Waals surface area (Å²) in [5.41, 5.74) is 0.